The molecule has 0 aliphatic carbocycles. The van der Waals surface area contributed by atoms with Crippen molar-refractivity contribution in [1.29, 1.82) is 0 Å². The van der Waals surface area contributed by atoms with E-state index < -0.39 is 0 Å². The summed E-state index contributed by atoms with van der Waals surface area (Å²) in [5.74, 6) is 2.98. The van der Waals surface area contributed by atoms with Crippen LogP contribution in [0.5, 0.6) is 0 Å². The zero-order valence-corrected chi connectivity index (χ0v) is 8.47. The molecule has 4 heteroatoms. The Hall–Kier alpha value is -0.570. The van der Waals surface area contributed by atoms with Crippen LogP contribution in [0, 0.1) is 12.8 Å². The monoisotopic (exact) mass is 187 g/mol. The molecule has 1 heterocycles. The molecule has 1 atom stereocenters. The Morgan fingerprint density at radius 3 is 2.67 bits per heavy atom. The van der Waals surface area contributed by atoms with Gasteiger partial charge in [-0.2, -0.15) is 5.10 Å². The van der Waals surface area contributed by atoms with Crippen LogP contribution in [0.25, 0.3) is 0 Å². The van der Waals surface area contributed by atoms with E-state index in [1.165, 1.54) is 0 Å². The summed E-state index contributed by atoms with van der Waals surface area (Å²) in [6.07, 6.45) is 0.904. The average Bonchev–Trinajstić information content (AvgIpc) is 2.30. The van der Waals surface area contributed by atoms with Gasteiger partial charge in [0.15, 0.2) is 0 Å². The van der Waals surface area contributed by atoms with Gasteiger partial charge in [-0.1, -0.05) is 6.92 Å². The van der Waals surface area contributed by atoms with E-state index in [9.17, 15) is 0 Å². The summed E-state index contributed by atoms with van der Waals surface area (Å²) in [5.41, 5.74) is 0. The molecule has 1 rings (SSSR count). The van der Waals surface area contributed by atoms with Crippen molar-refractivity contribution in [3.8, 4) is 0 Å². The van der Waals surface area contributed by atoms with Gasteiger partial charge >= 0.3 is 0 Å². The van der Waals surface area contributed by atoms with Crippen molar-refractivity contribution in [3.63, 3.8) is 0 Å². The van der Waals surface area contributed by atoms with Crippen molar-refractivity contribution in [1.82, 2.24) is 14.8 Å². The van der Waals surface area contributed by atoms with Crippen LogP contribution in [0.2, 0.25) is 0 Å². The van der Waals surface area contributed by atoms with Gasteiger partial charge < -0.3 is 0 Å². The summed E-state index contributed by atoms with van der Waals surface area (Å²) in [5, 5.41) is 4.16. The van der Waals surface area contributed by atoms with Crippen molar-refractivity contribution >= 4 is 11.6 Å². The first kappa shape index (κ1) is 9.52. The molecule has 0 aromatic carbocycles. The highest BCUT2D eigenvalue weighted by molar-refractivity contribution is 6.18. The van der Waals surface area contributed by atoms with Crippen molar-refractivity contribution in [2.75, 3.05) is 5.88 Å². The Morgan fingerprint density at radius 2 is 2.25 bits per heavy atom. The third-order valence-electron chi connectivity index (χ3n) is 1.75. The minimum Gasteiger partial charge on any atom is -0.253 e. The van der Waals surface area contributed by atoms with Crippen LogP contribution in [0.15, 0.2) is 0 Å². The Kier molecular flexibility index (Phi) is 3.09. The van der Waals surface area contributed by atoms with Gasteiger partial charge in [0.2, 0.25) is 0 Å². The van der Waals surface area contributed by atoms with Crippen LogP contribution in [0.3, 0.4) is 0 Å². The van der Waals surface area contributed by atoms with Gasteiger partial charge in [0.05, 0.1) is 0 Å². The Balaban J connectivity index is 2.68. The second-order valence-electron chi connectivity index (χ2n) is 3.16. The van der Waals surface area contributed by atoms with Crippen molar-refractivity contribution < 1.29 is 0 Å². The fourth-order valence-electron chi connectivity index (χ4n) is 1.10. The van der Waals surface area contributed by atoms with E-state index in [-0.39, 0.29) is 0 Å². The molecule has 0 saturated carbocycles. The van der Waals surface area contributed by atoms with Crippen molar-refractivity contribution in [2.24, 2.45) is 13.0 Å². The molecule has 0 radical (unpaired) electrons. The van der Waals surface area contributed by atoms with Crippen LogP contribution < -0.4 is 0 Å². The molecule has 12 heavy (non-hydrogen) atoms. The maximum absolute atomic E-state index is 5.70. The molecule has 0 spiro atoms. The number of halogens is 1. The van der Waals surface area contributed by atoms with E-state index in [2.05, 4.69) is 17.0 Å². The molecule has 0 bridgehead atoms. The lowest BCUT2D eigenvalue weighted by Crippen LogP contribution is -2.07. The normalized spacial score (nSPS) is 13.3. The highest BCUT2D eigenvalue weighted by Crippen LogP contribution is 2.07. The summed E-state index contributed by atoms with van der Waals surface area (Å²) < 4.78 is 1.82. The smallest absolute Gasteiger partial charge is 0.147 e. The molecular weight excluding hydrogens is 174 g/mol. The molecule has 0 saturated heterocycles. The zero-order chi connectivity index (χ0) is 9.14. The maximum atomic E-state index is 5.70. The van der Waals surface area contributed by atoms with Crippen LogP contribution >= 0.6 is 11.6 Å². The van der Waals surface area contributed by atoms with Crippen LogP contribution in [0.4, 0.5) is 0 Å². The number of aryl methyl sites for hydroxylation is 2. The molecule has 0 amide bonds. The molecule has 68 valence electrons. The van der Waals surface area contributed by atoms with Crippen molar-refractivity contribution in [2.45, 2.75) is 20.3 Å². The molecule has 1 aromatic heterocycles. The largest absolute Gasteiger partial charge is 0.253 e. The third kappa shape index (κ3) is 2.21. The topological polar surface area (TPSA) is 30.7 Å². The SMILES string of the molecule is Cc1nc(CC(C)CCl)n(C)n1. The quantitative estimate of drug-likeness (QED) is 0.673. The van der Waals surface area contributed by atoms with Gasteiger partial charge in [0.25, 0.3) is 0 Å². The standard InChI is InChI=1S/C8H14ClN3/c1-6(5-9)4-8-10-7(2)11-12(8)3/h6H,4-5H2,1-3H3. The zero-order valence-electron chi connectivity index (χ0n) is 7.71. The first-order chi connectivity index (χ1) is 5.63. The molecule has 1 unspecified atom stereocenters. The average molecular weight is 188 g/mol. The summed E-state index contributed by atoms with van der Waals surface area (Å²) in [6, 6.07) is 0. The van der Waals surface area contributed by atoms with E-state index in [1.54, 1.807) is 0 Å². The predicted molar refractivity (Wildman–Crippen MR) is 49.3 cm³/mol. The van der Waals surface area contributed by atoms with Gasteiger partial charge in [-0.05, 0) is 12.8 Å². The van der Waals surface area contributed by atoms with E-state index >= 15 is 0 Å². The van der Waals surface area contributed by atoms with Crippen LogP contribution in [-0.4, -0.2) is 20.6 Å². The lowest BCUT2D eigenvalue weighted by Gasteiger charge is -2.04. The van der Waals surface area contributed by atoms with Gasteiger partial charge in [0.1, 0.15) is 11.6 Å². The maximum Gasteiger partial charge on any atom is 0.147 e. The lowest BCUT2D eigenvalue weighted by molar-refractivity contribution is 0.589. The highest BCUT2D eigenvalue weighted by atomic mass is 35.5. The Labute approximate surface area is 77.8 Å². The summed E-state index contributed by atoms with van der Waals surface area (Å²) in [7, 11) is 1.91. The number of nitrogens with zero attached hydrogens (tertiary/aromatic N) is 3. The molecule has 1 aromatic rings. The number of hydrogen-bond acceptors (Lipinski definition) is 2. The van der Waals surface area contributed by atoms with Crippen LogP contribution in [0.1, 0.15) is 18.6 Å². The Morgan fingerprint density at radius 1 is 1.58 bits per heavy atom. The highest BCUT2D eigenvalue weighted by Gasteiger charge is 2.07. The second-order valence-corrected chi connectivity index (χ2v) is 3.47. The molecule has 0 aliphatic rings. The van der Waals surface area contributed by atoms with Gasteiger partial charge in [0, 0.05) is 19.3 Å². The minimum atomic E-state index is 0.467. The molecule has 3 nitrogen and oxygen atoms in total. The predicted octanol–water partition coefficient (Wildman–Crippen LogP) is 1.54. The minimum absolute atomic E-state index is 0.467. The molecule has 0 N–H and O–H groups in total. The summed E-state index contributed by atoms with van der Waals surface area (Å²) >= 11 is 5.70. The fraction of sp³-hybridized carbons (Fsp3) is 0.750. The Bertz CT molecular complexity index is 257. The van der Waals surface area contributed by atoms with E-state index in [1.807, 2.05) is 18.7 Å². The molecule has 0 fully saturated rings. The van der Waals surface area contributed by atoms with E-state index in [0.717, 1.165) is 18.1 Å². The number of hydrogen-bond donors (Lipinski definition) is 0. The van der Waals surface area contributed by atoms with Gasteiger partial charge in [-0.3, -0.25) is 4.68 Å². The molecular formula is C8H14ClN3. The number of rotatable bonds is 3. The number of alkyl halides is 1. The van der Waals surface area contributed by atoms with E-state index in [0.29, 0.717) is 11.8 Å². The van der Waals surface area contributed by atoms with Gasteiger partial charge in [-0.15, -0.1) is 11.6 Å². The van der Waals surface area contributed by atoms with Gasteiger partial charge in [-0.25, -0.2) is 4.98 Å². The second kappa shape index (κ2) is 3.90. The van der Waals surface area contributed by atoms with E-state index in [4.69, 9.17) is 11.6 Å². The summed E-state index contributed by atoms with van der Waals surface area (Å²) in [6.45, 7) is 4.01. The molecule has 0 aliphatic heterocycles. The first-order valence-electron chi connectivity index (χ1n) is 4.06. The van der Waals surface area contributed by atoms with Crippen molar-refractivity contribution in [3.05, 3.63) is 11.6 Å². The fourth-order valence-corrected chi connectivity index (χ4v) is 1.21. The van der Waals surface area contributed by atoms with Crippen LogP contribution in [-0.2, 0) is 13.5 Å². The third-order valence-corrected chi connectivity index (χ3v) is 2.28. The summed E-state index contributed by atoms with van der Waals surface area (Å²) in [4.78, 5) is 4.29. The lowest BCUT2D eigenvalue weighted by atomic mass is 10.1. The number of aromatic nitrogens is 3. The first-order valence-corrected chi connectivity index (χ1v) is 4.59.